The number of ether oxygens (including phenoxy) is 5. The fourth-order valence-corrected chi connectivity index (χ4v) is 8.51. The third kappa shape index (κ3) is 8.41. The zero-order valence-electron chi connectivity index (χ0n) is 35.1. The van der Waals surface area contributed by atoms with E-state index in [0.717, 1.165) is 16.7 Å². The summed E-state index contributed by atoms with van der Waals surface area (Å²) in [5.74, 6) is 0.773. The van der Waals surface area contributed by atoms with Crippen LogP contribution in [0.4, 0.5) is 5.82 Å². The van der Waals surface area contributed by atoms with E-state index < -0.39 is 44.4 Å². The molecule has 4 atom stereocenters. The second-order valence-corrected chi connectivity index (χ2v) is 20.9. The van der Waals surface area contributed by atoms with Crippen LogP contribution in [0.15, 0.2) is 122 Å². The summed E-state index contributed by atoms with van der Waals surface area (Å²) in [7, 11) is 0.674. The first-order valence-electron chi connectivity index (χ1n) is 19.8. The molecular weight excluding hydrogens is 779 g/mol. The molecule has 0 spiro atoms. The van der Waals surface area contributed by atoms with Crippen molar-refractivity contribution in [3.05, 3.63) is 144 Å². The minimum atomic E-state index is -2.58. The summed E-state index contributed by atoms with van der Waals surface area (Å²) in [6, 6.07) is 34.3. The summed E-state index contributed by atoms with van der Waals surface area (Å²) in [6.45, 7) is 12.0. The highest BCUT2D eigenvalue weighted by Crippen LogP contribution is 2.46. The van der Waals surface area contributed by atoms with Gasteiger partial charge in [0.1, 0.15) is 35.6 Å². The Bertz CT molecular complexity index is 2360. The van der Waals surface area contributed by atoms with Crippen LogP contribution in [-0.2, 0) is 29.0 Å². The molecule has 1 aliphatic rings. The molecule has 1 saturated heterocycles. The summed E-state index contributed by atoms with van der Waals surface area (Å²) in [6.07, 6.45) is -0.513. The van der Waals surface area contributed by atoms with Crippen molar-refractivity contribution in [2.45, 2.75) is 76.0 Å². The van der Waals surface area contributed by atoms with Crippen molar-refractivity contribution in [2.75, 3.05) is 26.1 Å². The molecule has 0 aliphatic carbocycles. The molecule has 0 saturated carbocycles. The van der Waals surface area contributed by atoms with Gasteiger partial charge in [0.15, 0.2) is 37.6 Å². The van der Waals surface area contributed by atoms with Gasteiger partial charge in [0.25, 0.3) is 5.91 Å². The number of anilines is 1. The molecule has 2 aromatic heterocycles. The number of carbonyl (C=O) groups is 2. The van der Waals surface area contributed by atoms with Crippen molar-refractivity contribution in [1.29, 1.82) is 0 Å². The van der Waals surface area contributed by atoms with Crippen LogP contribution in [-0.4, -0.2) is 78.9 Å². The number of methoxy groups -OCH3 is 2. The maximum atomic E-state index is 13.2. The standard InChI is InChI=1S/C46H51N5O8Si/c1-30(52)57-39-37(27-56-46(32-17-13-10-14-18-32,33-19-23-35(54-5)24-20-33)34-21-25-36(55-6)26-22-34)58-44(40(39)59-60(7,8)45(2,3)4)51-29-49-38-41(47-28-48-42(38)51)50-43(53)31-15-11-9-12-16-31/h9-26,28-29,37,39-40,44H,27H2,1-8H3,(H,47,48,50,53)/t37-,39+,40-,44-/m1/s1. The molecule has 312 valence electrons. The van der Waals surface area contributed by atoms with E-state index in [9.17, 15) is 9.59 Å². The Hall–Kier alpha value is -5.93. The quantitative estimate of drug-likeness (QED) is 0.0643. The number of nitrogens with one attached hydrogen (secondary N) is 1. The van der Waals surface area contributed by atoms with Gasteiger partial charge in [-0.3, -0.25) is 14.2 Å². The van der Waals surface area contributed by atoms with E-state index in [1.54, 1.807) is 49.4 Å². The third-order valence-electron chi connectivity index (χ3n) is 11.4. The Labute approximate surface area is 351 Å². The molecule has 13 nitrogen and oxygen atoms in total. The fourth-order valence-electron chi connectivity index (χ4n) is 7.22. The number of nitrogens with zero attached hydrogens (tertiary/aromatic N) is 4. The molecule has 1 aliphatic heterocycles. The molecule has 1 amide bonds. The average Bonchev–Trinajstić information content (AvgIpc) is 3.82. The van der Waals surface area contributed by atoms with Crippen molar-refractivity contribution < 1.29 is 37.7 Å². The molecule has 0 radical (unpaired) electrons. The summed E-state index contributed by atoms with van der Waals surface area (Å²) < 4.78 is 40.5. The third-order valence-corrected chi connectivity index (χ3v) is 15.8. The van der Waals surface area contributed by atoms with Gasteiger partial charge >= 0.3 is 5.97 Å². The number of fused-ring (bicyclic) bond motifs is 1. The van der Waals surface area contributed by atoms with Crippen LogP contribution < -0.4 is 14.8 Å². The normalized spacial score (nSPS) is 18.3. The van der Waals surface area contributed by atoms with E-state index in [-0.39, 0.29) is 23.4 Å². The van der Waals surface area contributed by atoms with Gasteiger partial charge in [0.05, 0.1) is 27.2 Å². The van der Waals surface area contributed by atoms with Gasteiger partial charge in [-0.25, -0.2) is 15.0 Å². The van der Waals surface area contributed by atoms with E-state index in [1.807, 2.05) is 84.9 Å². The molecule has 14 heteroatoms. The topological polar surface area (TPSA) is 145 Å². The lowest BCUT2D eigenvalue weighted by Crippen LogP contribution is -2.50. The smallest absolute Gasteiger partial charge is 0.303 e. The molecule has 1 fully saturated rings. The lowest BCUT2D eigenvalue weighted by Gasteiger charge is -2.40. The first-order valence-corrected chi connectivity index (χ1v) is 22.7. The van der Waals surface area contributed by atoms with Gasteiger partial charge in [0, 0.05) is 12.5 Å². The number of rotatable bonds is 14. The number of benzene rings is 4. The number of hydrogen-bond donors (Lipinski definition) is 1. The predicted octanol–water partition coefficient (Wildman–Crippen LogP) is 8.32. The number of amides is 1. The van der Waals surface area contributed by atoms with Gasteiger partial charge in [-0.15, -0.1) is 0 Å². The van der Waals surface area contributed by atoms with Gasteiger partial charge in [0.2, 0.25) is 0 Å². The summed E-state index contributed by atoms with van der Waals surface area (Å²) in [5.41, 5.74) is 2.54. The summed E-state index contributed by atoms with van der Waals surface area (Å²) in [4.78, 5) is 39.9. The Balaban J connectivity index is 1.33. The van der Waals surface area contributed by atoms with Crippen molar-refractivity contribution in [2.24, 2.45) is 0 Å². The summed E-state index contributed by atoms with van der Waals surface area (Å²) >= 11 is 0. The lowest BCUT2D eigenvalue weighted by molar-refractivity contribution is -0.155. The first kappa shape index (κ1) is 42.2. The van der Waals surface area contributed by atoms with E-state index in [0.29, 0.717) is 28.2 Å². The fraction of sp³-hybridized carbons (Fsp3) is 0.326. The Kier molecular flexibility index (Phi) is 12.2. The maximum Gasteiger partial charge on any atom is 0.303 e. The molecule has 6 aromatic rings. The van der Waals surface area contributed by atoms with Crippen LogP contribution >= 0.6 is 0 Å². The summed E-state index contributed by atoms with van der Waals surface area (Å²) in [5, 5.41) is 2.66. The van der Waals surface area contributed by atoms with Crippen molar-refractivity contribution in [3.63, 3.8) is 0 Å². The van der Waals surface area contributed by atoms with Crippen molar-refractivity contribution >= 4 is 37.2 Å². The largest absolute Gasteiger partial charge is 0.497 e. The lowest BCUT2D eigenvalue weighted by atomic mass is 9.80. The van der Waals surface area contributed by atoms with Crippen LogP contribution in [0.3, 0.4) is 0 Å². The average molecular weight is 830 g/mol. The highest BCUT2D eigenvalue weighted by molar-refractivity contribution is 6.74. The second kappa shape index (κ2) is 17.3. The molecule has 3 heterocycles. The van der Waals surface area contributed by atoms with E-state index >= 15 is 0 Å². The maximum absolute atomic E-state index is 13.2. The van der Waals surface area contributed by atoms with Crippen molar-refractivity contribution in [3.8, 4) is 11.5 Å². The molecule has 1 N–H and O–H groups in total. The van der Waals surface area contributed by atoms with Crippen LogP contribution in [0.25, 0.3) is 11.2 Å². The SMILES string of the molecule is COc1ccc(C(OC[C@H]2O[C@@H](n3cnc4c(NC(=O)c5ccccc5)ncnc43)[C@H](O[Si](C)(C)C(C)(C)C)[C@H]2OC(C)=O)(c2ccccc2)c2ccc(OC)cc2)cc1. The van der Waals surface area contributed by atoms with E-state index in [2.05, 4.69) is 54.1 Å². The highest BCUT2D eigenvalue weighted by Gasteiger charge is 2.54. The van der Waals surface area contributed by atoms with E-state index in [1.165, 1.54) is 13.3 Å². The van der Waals surface area contributed by atoms with Gasteiger partial charge < -0.3 is 33.4 Å². The van der Waals surface area contributed by atoms with E-state index in [4.69, 9.17) is 28.1 Å². The highest BCUT2D eigenvalue weighted by atomic mass is 28.4. The Morgan fingerprint density at radius 3 is 1.88 bits per heavy atom. The molecule has 7 rings (SSSR count). The molecule has 4 aromatic carbocycles. The van der Waals surface area contributed by atoms with Crippen LogP contribution in [0.1, 0.15) is 61.0 Å². The van der Waals surface area contributed by atoms with Gasteiger partial charge in [-0.05, 0) is 71.2 Å². The monoisotopic (exact) mass is 829 g/mol. The number of carbonyl (C=O) groups excluding carboxylic acids is 2. The second-order valence-electron chi connectivity index (χ2n) is 16.2. The minimum Gasteiger partial charge on any atom is -0.497 e. The molecule has 60 heavy (non-hydrogen) atoms. The van der Waals surface area contributed by atoms with Crippen LogP contribution in [0.2, 0.25) is 18.1 Å². The molecule has 0 bridgehead atoms. The first-order chi connectivity index (χ1) is 28.8. The van der Waals surface area contributed by atoms with Gasteiger partial charge in [-0.1, -0.05) is 93.6 Å². The minimum absolute atomic E-state index is 0.0429. The van der Waals surface area contributed by atoms with Crippen molar-refractivity contribution in [1.82, 2.24) is 19.5 Å². The van der Waals surface area contributed by atoms with Crippen LogP contribution in [0.5, 0.6) is 11.5 Å². The zero-order chi connectivity index (χ0) is 42.7. The molecular formula is C46H51N5O8Si. The zero-order valence-corrected chi connectivity index (χ0v) is 36.1. The Morgan fingerprint density at radius 1 is 0.767 bits per heavy atom. The predicted molar refractivity (Wildman–Crippen MR) is 230 cm³/mol. The van der Waals surface area contributed by atoms with Crippen LogP contribution in [0, 0.1) is 0 Å². The van der Waals surface area contributed by atoms with Gasteiger partial charge in [-0.2, -0.15) is 0 Å². The number of aromatic nitrogens is 4. The number of esters is 1. The number of imidazole rings is 1. The number of hydrogen-bond acceptors (Lipinski definition) is 11. The Morgan fingerprint density at radius 2 is 1.33 bits per heavy atom. The molecule has 0 unspecified atom stereocenters.